The Morgan fingerprint density at radius 2 is 1.90 bits per heavy atom. The standard InChI is InChI=1S/C17H21NO2S/c1-13(10-14-6-4-3-5-7-14)18-12-16-9-8-15(21-16)11-17(19)20-2/h3-9,13,18H,10-12H2,1-2H3. The van der Waals surface area contributed by atoms with Crippen LogP contribution in [0.3, 0.4) is 0 Å². The fourth-order valence-electron chi connectivity index (χ4n) is 2.14. The van der Waals surface area contributed by atoms with Crippen LogP contribution in [0.4, 0.5) is 0 Å². The molecule has 0 saturated heterocycles. The molecular formula is C17H21NO2S. The first-order valence-electron chi connectivity index (χ1n) is 7.09. The summed E-state index contributed by atoms with van der Waals surface area (Å²) in [5.74, 6) is -0.186. The van der Waals surface area contributed by atoms with Gasteiger partial charge in [0.2, 0.25) is 0 Å². The summed E-state index contributed by atoms with van der Waals surface area (Å²) in [5.41, 5.74) is 1.34. The van der Waals surface area contributed by atoms with Crippen molar-refractivity contribution < 1.29 is 9.53 Å². The van der Waals surface area contributed by atoms with E-state index in [2.05, 4.69) is 47.3 Å². The Balaban J connectivity index is 1.79. The molecule has 0 aliphatic carbocycles. The SMILES string of the molecule is COC(=O)Cc1ccc(CNC(C)Cc2ccccc2)s1. The molecule has 0 radical (unpaired) electrons. The number of hydrogen-bond acceptors (Lipinski definition) is 4. The first-order chi connectivity index (χ1) is 10.2. The van der Waals surface area contributed by atoms with Gasteiger partial charge in [0.05, 0.1) is 13.5 Å². The molecule has 1 atom stereocenters. The second-order valence-electron chi connectivity index (χ2n) is 5.09. The minimum Gasteiger partial charge on any atom is -0.469 e. The van der Waals surface area contributed by atoms with Crippen LogP contribution in [0.1, 0.15) is 22.2 Å². The van der Waals surface area contributed by atoms with Gasteiger partial charge in [-0.05, 0) is 31.0 Å². The molecular weight excluding hydrogens is 282 g/mol. The lowest BCUT2D eigenvalue weighted by Gasteiger charge is -2.13. The summed E-state index contributed by atoms with van der Waals surface area (Å²) in [5, 5.41) is 3.52. The molecule has 0 aliphatic heterocycles. The van der Waals surface area contributed by atoms with Gasteiger partial charge < -0.3 is 10.1 Å². The molecule has 1 heterocycles. The number of benzene rings is 1. The lowest BCUT2D eigenvalue weighted by molar-refractivity contribution is -0.139. The highest BCUT2D eigenvalue weighted by molar-refractivity contribution is 7.12. The molecule has 0 spiro atoms. The molecule has 0 amide bonds. The minimum atomic E-state index is -0.186. The van der Waals surface area contributed by atoms with Crippen LogP contribution in [0.5, 0.6) is 0 Å². The van der Waals surface area contributed by atoms with Crippen LogP contribution >= 0.6 is 11.3 Å². The first-order valence-corrected chi connectivity index (χ1v) is 7.90. The number of hydrogen-bond donors (Lipinski definition) is 1. The van der Waals surface area contributed by atoms with Gasteiger partial charge in [0.25, 0.3) is 0 Å². The van der Waals surface area contributed by atoms with Crippen molar-refractivity contribution in [1.82, 2.24) is 5.32 Å². The van der Waals surface area contributed by atoms with E-state index in [4.69, 9.17) is 0 Å². The van der Waals surface area contributed by atoms with Crippen molar-refractivity contribution in [1.29, 1.82) is 0 Å². The Hall–Kier alpha value is -1.65. The predicted molar refractivity (Wildman–Crippen MR) is 86.5 cm³/mol. The predicted octanol–water partition coefficient (Wildman–Crippen LogP) is 3.18. The van der Waals surface area contributed by atoms with Gasteiger partial charge >= 0.3 is 5.97 Å². The maximum atomic E-state index is 11.2. The van der Waals surface area contributed by atoms with Crippen LogP contribution in [0, 0.1) is 0 Å². The highest BCUT2D eigenvalue weighted by Gasteiger charge is 2.07. The molecule has 0 fully saturated rings. The molecule has 1 aromatic carbocycles. The third-order valence-corrected chi connectivity index (χ3v) is 4.36. The van der Waals surface area contributed by atoms with E-state index in [0.29, 0.717) is 12.5 Å². The lowest BCUT2D eigenvalue weighted by atomic mass is 10.1. The Kier molecular flexibility index (Phi) is 5.96. The van der Waals surface area contributed by atoms with Crippen molar-refractivity contribution in [2.45, 2.75) is 32.4 Å². The van der Waals surface area contributed by atoms with Gasteiger partial charge in [-0.15, -0.1) is 11.3 Å². The molecule has 3 nitrogen and oxygen atoms in total. The van der Waals surface area contributed by atoms with Crippen LogP contribution < -0.4 is 5.32 Å². The summed E-state index contributed by atoms with van der Waals surface area (Å²) in [6.07, 6.45) is 1.38. The monoisotopic (exact) mass is 303 g/mol. The third kappa shape index (κ3) is 5.33. The zero-order chi connectivity index (χ0) is 15.1. The van der Waals surface area contributed by atoms with Crippen molar-refractivity contribution in [3.63, 3.8) is 0 Å². The van der Waals surface area contributed by atoms with E-state index in [1.54, 1.807) is 11.3 Å². The van der Waals surface area contributed by atoms with Crippen molar-refractivity contribution >= 4 is 17.3 Å². The largest absolute Gasteiger partial charge is 0.469 e. The molecule has 4 heteroatoms. The number of carbonyl (C=O) groups is 1. The maximum absolute atomic E-state index is 11.2. The van der Waals surface area contributed by atoms with E-state index >= 15 is 0 Å². The van der Waals surface area contributed by atoms with Gasteiger partial charge in [0.1, 0.15) is 0 Å². The Morgan fingerprint density at radius 1 is 1.19 bits per heavy atom. The molecule has 2 rings (SSSR count). The quantitative estimate of drug-likeness (QED) is 0.798. The van der Waals surface area contributed by atoms with Gasteiger partial charge in [0.15, 0.2) is 0 Å². The van der Waals surface area contributed by atoms with Crippen LogP contribution in [0.2, 0.25) is 0 Å². The molecule has 1 aromatic heterocycles. The van der Waals surface area contributed by atoms with Gasteiger partial charge in [-0.3, -0.25) is 4.79 Å². The van der Waals surface area contributed by atoms with E-state index in [1.165, 1.54) is 17.6 Å². The number of methoxy groups -OCH3 is 1. The number of ether oxygens (including phenoxy) is 1. The number of esters is 1. The summed E-state index contributed by atoms with van der Waals surface area (Å²) in [6.45, 7) is 3.02. The van der Waals surface area contributed by atoms with Gasteiger partial charge in [-0.2, -0.15) is 0 Å². The fraction of sp³-hybridized carbons (Fsp3) is 0.353. The average molecular weight is 303 g/mol. The van der Waals surface area contributed by atoms with Crippen molar-refractivity contribution in [2.24, 2.45) is 0 Å². The Morgan fingerprint density at radius 3 is 2.62 bits per heavy atom. The van der Waals surface area contributed by atoms with Gasteiger partial charge in [0, 0.05) is 22.3 Å². The fourth-order valence-corrected chi connectivity index (χ4v) is 3.10. The van der Waals surface area contributed by atoms with Gasteiger partial charge in [-0.25, -0.2) is 0 Å². The topological polar surface area (TPSA) is 38.3 Å². The molecule has 112 valence electrons. The van der Waals surface area contributed by atoms with Crippen LogP contribution in [0.15, 0.2) is 42.5 Å². The molecule has 1 N–H and O–H groups in total. The normalized spacial score (nSPS) is 12.1. The van der Waals surface area contributed by atoms with E-state index < -0.39 is 0 Å². The Labute approximate surface area is 130 Å². The lowest BCUT2D eigenvalue weighted by Crippen LogP contribution is -2.27. The second-order valence-corrected chi connectivity index (χ2v) is 6.35. The minimum absolute atomic E-state index is 0.186. The Bertz CT molecular complexity index is 565. The second kappa shape index (κ2) is 7.96. The molecule has 21 heavy (non-hydrogen) atoms. The van der Waals surface area contributed by atoms with E-state index in [0.717, 1.165) is 17.8 Å². The van der Waals surface area contributed by atoms with Crippen LogP contribution in [0.25, 0.3) is 0 Å². The molecule has 0 saturated carbocycles. The van der Waals surface area contributed by atoms with Crippen LogP contribution in [-0.4, -0.2) is 19.1 Å². The first kappa shape index (κ1) is 15.7. The smallest absolute Gasteiger partial charge is 0.310 e. The number of carbonyl (C=O) groups excluding carboxylic acids is 1. The molecule has 0 bridgehead atoms. The van der Waals surface area contributed by atoms with Crippen molar-refractivity contribution in [3.05, 3.63) is 57.8 Å². The number of rotatable bonds is 7. The van der Waals surface area contributed by atoms with Crippen LogP contribution in [-0.2, 0) is 28.9 Å². The molecule has 2 aromatic rings. The number of thiophene rings is 1. The van der Waals surface area contributed by atoms with E-state index in [9.17, 15) is 4.79 Å². The van der Waals surface area contributed by atoms with E-state index in [1.807, 2.05) is 12.1 Å². The van der Waals surface area contributed by atoms with E-state index in [-0.39, 0.29) is 5.97 Å². The highest BCUT2D eigenvalue weighted by Crippen LogP contribution is 2.17. The van der Waals surface area contributed by atoms with Crippen molar-refractivity contribution in [3.8, 4) is 0 Å². The highest BCUT2D eigenvalue weighted by atomic mass is 32.1. The average Bonchev–Trinajstić information content (AvgIpc) is 2.93. The summed E-state index contributed by atoms with van der Waals surface area (Å²) in [7, 11) is 1.42. The summed E-state index contributed by atoms with van der Waals surface area (Å²) >= 11 is 1.66. The number of nitrogens with one attached hydrogen (secondary N) is 1. The summed E-state index contributed by atoms with van der Waals surface area (Å²) in [6, 6.07) is 15.0. The molecule has 1 unspecified atom stereocenters. The zero-order valence-electron chi connectivity index (χ0n) is 12.5. The molecule has 0 aliphatic rings. The van der Waals surface area contributed by atoms with Crippen molar-refractivity contribution in [2.75, 3.05) is 7.11 Å². The third-order valence-electron chi connectivity index (χ3n) is 3.27. The summed E-state index contributed by atoms with van der Waals surface area (Å²) in [4.78, 5) is 13.5. The van der Waals surface area contributed by atoms with Gasteiger partial charge in [-0.1, -0.05) is 30.3 Å². The summed E-state index contributed by atoms with van der Waals surface area (Å²) < 4.78 is 4.68. The zero-order valence-corrected chi connectivity index (χ0v) is 13.3. The maximum Gasteiger partial charge on any atom is 0.310 e.